The van der Waals surface area contributed by atoms with Gasteiger partial charge in [-0.15, -0.1) is 0 Å². The van der Waals surface area contributed by atoms with Gasteiger partial charge in [0.15, 0.2) is 0 Å². The van der Waals surface area contributed by atoms with Gasteiger partial charge in [0.2, 0.25) is 0 Å². The smallest absolute Gasteiger partial charge is 0.0739 e. The monoisotopic (exact) mass is 287 g/mol. The number of nitrogens with zero attached hydrogens (tertiary/aromatic N) is 2. The van der Waals surface area contributed by atoms with Crippen molar-refractivity contribution in [2.75, 3.05) is 13.2 Å². The van der Waals surface area contributed by atoms with E-state index in [4.69, 9.17) is 4.74 Å². The SMILES string of the molecule is Cc1nn(C)c(CNC2CCOCC2)c1Br. The van der Waals surface area contributed by atoms with E-state index in [9.17, 15) is 0 Å². The molecule has 2 heterocycles. The van der Waals surface area contributed by atoms with Crippen LogP contribution in [-0.4, -0.2) is 29.0 Å². The van der Waals surface area contributed by atoms with Crippen molar-refractivity contribution in [3.63, 3.8) is 0 Å². The van der Waals surface area contributed by atoms with Crippen molar-refractivity contribution in [1.82, 2.24) is 15.1 Å². The number of halogens is 1. The van der Waals surface area contributed by atoms with E-state index in [1.54, 1.807) is 0 Å². The van der Waals surface area contributed by atoms with Crippen LogP contribution in [0.25, 0.3) is 0 Å². The molecule has 0 amide bonds. The largest absolute Gasteiger partial charge is 0.381 e. The van der Waals surface area contributed by atoms with Gasteiger partial charge >= 0.3 is 0 Å². The first kappa shape index (κ1) is 12.1. The number of aryl methyl sites for hydroxylation is 2. The van der Waals surface area contributed by atoms with Gasteiger partial charge in [-0.3, -0.25) is 4.68 Å². The van der Waals surface area contributed by atoms with Crippen molar-refractivity contribution < 1.29 is 4.74 Å². The number of hydrogen-bond acceptors (Lipinski definition) is 3. The summed E-state index contributed by atoms with van der Waals surface area (Å²) in [4.78, 5) is 0. The van der Waals surface area contributed by atoms with E-state index in [-0.39, 0.29) is 0 Å². The second-order valence-electron chi connectivity index (χ2n) is 4.24. The maximum atomic E-state index is 5.34. The third-order valence-electron chi connectivity index (χ3n) is 3.04. The van der Waals surface area contributed by atoms with E-state index in [0.717, 1.165) is 42.8 Å². The Hall–Kier alpha value is -0.390. The van der Waals surface area contributed by atoms with Crippen LogP contribution < -0.4 is 5.32 Å². The highest BCUT2D eigenvalue weighted by molar-refractivity contribution is 9.10. The minimum absolute atomic E-state index is 0.579. The topological polar surface area (TPSA) is 39.1 Å². The molecule has 0 unspecified atom stereocenters. The van der Waals surface area contributed by atoms with Crippen molar-refractivity contribution in [2.45, 2.75) is 32.4 Å². The lowest BCUT2D eigenvalue weighted by Gasteiger charge is -2.23. The van der Waals surface area contributed by atoms with Gasteiger partial charge in [0, 0.05) is 32.8 Å². The molecule has 0 bridgehead atoms. The minimum Gasteiger partial charge on any atom is -0.381 e. The molecule has 1 aromatic rings. The lowest BCUT2D eigenvalue weighted by Crippen LogP contribution is -2.34. The van der Waals surface area contributed by atoms with Gasteiger partial charge in [0.25, 0.3) is 0 Å². The first-order valence-electron chi connectivity index (χ1n) is 5.67. The Labute approximate surface area is 104 Å². The molecule has 16 heavy (non-hydrogen) atoms. The second kappa shape index (κ2) is 5.29. The summed E-state index contributed by atoms with van der Waals surface area (Å²) in [5.41, 5.74) is 2.26. The summed E-state index contributed by atoms with van der Waals surface area (Å²) in [6, 6.07) is 0.579. The molecule has 1 aromatic heterocycles. The van der Waals surface area contributed by atoms with Gasteiger partial charge in [-0.1, -0.05) is 0 Å². The lowest BCUT2D eigenvalue weighted by atomic mass is 10.1. The summed E-state index contributed by atoms with van der Waals surface area (Å²) >= 11 is 3.58. The summed E-state index contributed by atoms with van der Waals surface area (Å²) in [5, 5.41) is 7.94. The standard InChI is InChI=1S/C11H18BrN3O/c1-8-11(12)10(15(2)14-8)7-13-9-3-5-16-6-4-9/h9,13H,3-7H2,1-2H3. The van der Waals surface area contributed by atoms with Crippen LogP contribution in [0.1, 0.15) is 24.2 Å². The molecule has 1 aliphatic rings. The molecule has 1 N–H and O–H groups in total. The van der Waals surface area contributed by atoms with Crippen molar-refractivity contribution >= 4 is 15.9 Å². The van der Waals surface area contributed by atoms with E-state index in [2.05, 4.69) is 26.3 Å². The van der Waals surface area contributed by atoms with Crippen LogP contribution in [0.15, 0.2) is 4.47 Å². The maximum Gasteiger partial charge on any atom is 0.0739 e. The van der Waals surface area contributed by atoms with Gasteiger partial charge in [0.05, 0.1) is 15.9 Å². The molecule has 0 saturated carbocycles. The van der Waals surface area contributed by atoms with Crippen molar-refractivity contribution in [3.05, 3.63) is 15.9 Å². The molecule has 1 fully saturated rings. The van der Waals surface area contributed by atoms with Crippen LogP contribution in [-0.2, 0) is 18.3 Å². The summed E-state index contributed by atoms with van der Waals surface area (Å²) in [7, 11) is 1.98. The first-order valence-corrected chi connectivity index (χ1v) is 6.47. The molecule has 5 heteroatoms. The molecule has 1 saturated heterocycles. The molecule has 0 aliphatic carbocycles. The number of nitrogens with one attached hydrogen (secondary N) is 1. The Balaban J connectivity index is 1.93. The molecule has 2 rings (SSSR count). The fourth-order valence-electron chi connectivity index (χ4n) is 2.01. The molecule has 90 valence electrons. The van der Waals surface area contributed by atoms with Crippen LogP contribution in [0, 0.1) is 6.92 Å². The highest BCUT2D eigenvalue weighted by atomic mass is 79.9. The molecular formula is C11H18BrN3O. The van der Waals surface area contributed by atoms with Crippen molar-refractivity contribution in [3.8, 4) is 0 Å². The van der Waals surface area contributed by atoms with Gasteiger partial charge in [-0.05, 0) is 35.7 Å². The predicted octanol–water partition coefficient (Wildman–Crippen LogP) is 1.76. The van der Waals surface area contributed by atoms with Crippen molar-refractivity contribution in [1.29, 1.82) is 0 Å². The second-order valence-corrected chi connectivity index (χ2v) is 5.03. The Morgan fingerprint density at radius 2 is 2.19 bits per heavy atom. The zero-order valence-electron chi connectivity index (χ0n) is 9.79. The summed E-state index contributed by atoms with van der Waals surface area (Å²) in [6.45, 7) is 4.64. The summed E-state index contributed by atoms with van der Waals surface area (Å²) in [5.74, 6) is 0. The van der Waals surface area contributed by atoms with Gasteiger partial charge in [-0.2, -0.15) is 5.10 Å². The van der Waals surface area contributed by atoms with E-state index in [1.165, 1.54) is 5.69 Å². The van der Waals surface area contributed by atoms with Crippen LogP contribution in [0.2, 0.25) is 0 Å². The van der Waals surface area contributed by atoms with Gasteiger partial charge < -0.3 is 10.1 Å². The third-order valence-corrected chi connectivity index (χ3v) is 4.07. The molecule has 0 aromatic carbocycles. The molecule has 0 spiro atoms. The van der Waals surface area contributed by atoms with E-state index in [1.807, 2.05) is 18.7 Å². The molecule has 1 aliphatic heterocycles. The predicted molar refractivity (Wildman–Crippen MR) is 66.3 cm³/mol. The van der Waals surface area contributed by atoms with Crippen LogP contribution in [0.5, 0.6) is 0 Å². The molecule has 4 nitrogen and oxygen atoms in total. The Bertz CT molecular complexity index is 358. The summed E-state index contributed by atoms with van der Waals surface area (Å²) < 4.78 is 8.39. The van der Waals surface area contributed by atoms with Gasteiger partial charge in [-0.25, -0.2) is 0 Å². The highest BCUT2D eigenvalue weighted by Crippen LogP contribution is 2.20. The van der Waals surface area contributed by atoms with E-state index in [0.29, 0.717) is 6.04 Å². The zero-order chi connectivity index (χ0) is 11.5. The lowest BCUT2D eigenvalue weighted by molar-refractivity contribution is 0.0774. The third kappa shape index (κ3) is 2.64. The van der Waals surface area contributed by atoms with Crippen molar-refractivity contribution in [2.24, 2.45) is 7.05 Å². The Morgan fingerprint density at radius 3 is 2.75 bits per heavy atom. The average Bonchev–Trinajstić information content (AvgIpc) is 2.53. The number of rotatable bonds is 3. The Morgan fingerprint density at radius 1 is 1.50 bits per heavy atom. The normalized spacial score (nSPS) is 17.9. The van der Waals surface area contributed by atoms with Crippen LogP contribution in [0.4, 0.5) is 0 Å². The fourth-order valence-corrected chi connectivity index (χ4v) is 2.49. The van der Waals surface area contributed by atoms with Crippen LogP contribution in [0.3, 0.4) is 0 Å². The zero-order valence-corrected chi connectivity index (χ0v) is 11.4. The molecule has 0 radical (unpaired) electrons. The molecule has 0 atom stereocenters. The number of hydrogen-bond donors (Lipinski definition) is 1. The minimum atomic E-state index is 0.579. The Kier molecular flexibility index (Phi) is 4.00. The van der Waals surface area contributed by atoms with Crippen LogP contribution >= 0.6 is 15.9 Å². The molecular weight excluding hydrogens is 270 g/mol. The van der Waals surface area contributed by atoms with E-state index >= 15 is 0 Å². The highest BCUT2D eigenvalue weighted by Gasteiger charge is 2.15. The average molecular weight is 288 g/mol. The first-order chi connectivity index (χ1) is 7.68. The number of aromatic nitrogens is 2. The van der Waals surface area contributed by atoms with Gasteiger partial charge in [0.1, 0.15) is 0 Å². The number of ether oxygens (including phenoxy) is 1. The summed E-state index contributed by atoms with van der Waals surface area (Å²) in [6.07, 6.45) is 2.21. The quantitative estimate of drug-likeness (QED) is 0.921. The maximum absolute atomic E-state index is 5.34. The fraction of sp³-hybridized carbons (Fsp3) is 0.727. The van der Waals surface area contributed by atoms with E-state index < -0.39 is 0 Å².